The van der Waals surface area contributed by atoms with Crippen molar-refractivity contribution in [2.45, 2.75) is 6.04 Å². The van der Waals surface area contributed by atoms with E-state index in [4.69, 9.17) is 4.74 Å². The van der Waals surface area contributed by atoms with Gasteiger partial charge in [0.05, 0.1) is 7.11 Å². The maximum Gasteiger partial charge on any atom is 0.213 e. The SMILES string of the molecule is COc1cc(C2CN(C)CCN2)ccn1. The predicted octanol–water partition coefficient (Wildman–Crippen LogP) is 0.666. The van der Waals surface area contributed by atoms with Gasteiger partial charge in [-0.15, -0.1) is 0 Å². The number of likely N-dealkylation sites (N-methyl/N-ethyl adjacent to an activating group) is 1. The van der Waals surface area contributed by atoms with Crippen LogP contribution in [0.5, 0.6) is 5.88 Å². The van der Waals surface area contributed by atoms with Gasteiger partial charge in [-0.05, 0) is 18.7 Å². The molecule has 2 rings (SSSR count). The highest BCUT2D eigenvalue weighted by Crippen LogP contribution is 2.19. The van der Waals surface area contributed by atoms with E-state index in [2.05, 4.69) is 22.2 Å². The van der Waals surface area contributed by atoms with Crippen LogP contribution in [-0.2, 0) is 0 Å². The maximum absolute atomic E-state index is 5.12. The summed E-state index contributed by atoms with van der Waals surface area (Å²) in [7, 11) is 3.79. The number of nitrogens with one attached hydrogen (secondary N) is 1. The van der Waals surface area contributed by atoms with Crippen LogP contribution in [0.1, 0.15) is 11.6 Å². The van der Waals surface area contributed by atoms with E-state index in [1.54, 1.807) is 13.3 Å². The molecule has 15 heavy (non-hydrogen) atoms. The molecule has 1 N–H and O–H groups in total. The molecule has 1 unspecified atom stereocenters. The molecule has 0 aromatic carbocycles. The Morgan fingerprint density at radius 3 is 3.20 bits per heavy atom. The van der Waals surface area contributed by atoms with Crippen molar-refractivity contribution >= 4 is 0 Å². The van der Waals surface area contributed by atoms with Crippen molar-refractivity contribution in [3.8, 4) is 5.88 Å². The van der Waals surface area contributed by atoms with Crippen molar-refractivity contribution in [3.63, 3.8) is 0 Å². The zero-order chi connectivity index (χ0) is 10.7. The zero-order valence-electron chi connectivity index (χ0n) is 9.23. The summed E-state index contributed by atoms with van der Waals surface area (Å²) in [5, 5.41) is 3.49. The first-order chi connectivity index (χ1) is 7.29. The van der Waals surface area contributed by atoms with Gasteiger partial charge in [0.1, 0.15) is 0 Å². The summed E-state index contributed by atoms with van der Waals surface area (Å²) < 4.78 is 5.12. The molecule has 1 aliphatic rings. The minimum atomic E-state index is 0.389. The second kappa shape index (κ2) is 4.59. The normalized spacial score (nSPS) is 22.7. The number of pyridine rings is 1. The molecular weight excluding hydrogens is 190 g/mol. The van der Waals surface area contributed by atoms with Gasteiger partial charge >= 0.3 is 0 Å². The molecule has 4 nitrogen and oxygen atoms in total. The van der Waals surface area contributed by atoms with Gasteiger partial charge in [0.25, 0.3) is 0 Å². The lowest BCUT2D eigenvalue weighted by Crippen LogP contribution is -2.43. The van der Waals surface area contributed by atoms with Crippen LogP contribution in [0.25, 0.3) is 0 Å². The van der Waals surface area contributed by atoms with Crippen molar-refractivity contribution < 1.29 is 4.74 Å². The van der Waals surface area contributed by atoms with E-state index in [1.165, 1.54) is 5.56 Å². The molecule has 0 radical (unpaired) electrons. The monoisotopic (exact) mass is 207 g/mol. The summed E-state index contributed by atoms with van der Waals surface area (Å²) in [4.78, 5) is 6.44. The fourth-order valence-electron chi connectivity index (χ4n) is 1.87. The standard InChI is InChI=1S/C11H17N3O/c1-14-6-5-12-10(8-14)9-3-4-13-11(7-9)15-2/h3-4,7,10,12H,5-6,8H2,1-2H3. The Hall–Kier alpha value is -1.13. The first kappa shape index (κ1) is 10.4. The average molecular weight is 207 g/mol. The number of ether oxygens (including phenoxy) is 1. The third kappa shape index (κ3) is 2.46. The lowest BCUT2D eigenvalue weighted by Gasteiger charge is -2.31. The number of rotatable bonds is 2. The van der Waals surface area contributed by atoms with E-state index in [1.807, 2.05) is 12.1 Å². The molecule has 1 atom stereocenters. The second-order valence-corrected chi connectivity index (χ2v) is 3.90. The number of nitrogens with zero attached hydrogens (tertiary/aromatic N) is 2. The number of methoxy groups -OCH3 is 1. The Kier molecular flexibility index (Phi) is 3.18. The van der Waals surface area contributed by atoms with Gasteiger partial charge < -0.3 is 15.0 Å². The number of piperazine rings is 1. The number of hydrogen-bond donors (Lipinski definition) is 1. The van der Waals surface area contributed by atoms with Crippen molar-refractivity contribution in [1.29, 1.82) is 0 Å². The smallest absolute Gasteiger partial charge is 0.213 e. The van der Waals surface area contributed by atoms with Crippen molar-refractivity contribution in [3.05, 3.63) is 23.9 Å². The fraction of sp³-hybridized carbons (Fsp3) is 0.545. The molecule has 1 saturated heterocycles. The summed E-state index contributed by atoms with van der Waals surface area (Å²) >= 11 is 0. The second-order valence-electron chi connectivity index (χ2n) is 3.90. The van der Waals surface area contributed by atoms with E-state index in [0.717, 1.165) is 19.6 Å². The molecule has 0 bridgehead atoms. The lowest BCUT2D eigenvalue weighted by atomic mass is 10.1. The van der Waals surface area contributed by atoms with Crippen molar-refractivity contribution in [1.82, 2.24) is 15.2 Å². The van der Waals surface area contributed by atoms with Gasteiger partial charge in [-0.25, -0.2) is 4.98 Å². The van der Waals surface area contributed by atoms with E-state index >= 15 is 0 Å². The summed E-state index contributed by atoms with van der Waals surface area (Å²) in [6, 6.07) is 4.43. The van der Waals surface area contributed by atoms with Crippen molar-refractivity contribution in [2.24, 2.45) is 0 Å². The summed E-state index contributed by atoms with van der Waals surface area (Å²) in [6.45, 7) is 3.18. The van der Waals surface area contributed by atoms with Gasteiger partial charge in [0.2, 0.25) is 5.88 Å². The Bertz CT molecular complexity index is 329. The summed E-state index contributed by atoms with van der Waals surface area (Å²) in [5.41, 5.74) is 1.24. The number of aromatic nitrogens is 1. The molecule has 1 aliphatic heterocycles. The molecular formula is C11H17N3O. The minimum Gasteiger partial charge on any atom is -0.481 e. The fourth-order valence-corrected chi connectivity index (χ4v) is 1.87. The molecule has 1 fully saturated rings. The molecule has 4 heteroatoms. The van der Waals surface area contributed by atoms with Gasteiger partial charge in [-0.2, -0.15) is 0 Å². The lowest BCUT2D eigenvalue weighted by molar-refractivity contribution is 0.240. The largest absolute Gasteiger partial charge is 0.481 e. The number of hydrogen-bond acceptors (Lipinski definition) is 4. The predicted molar refractivity (Wildman–Crippen MR) is 59.0 cm³/mol. The van der Waals surface area contributed by atoms with E-state index in [9.17, 15) is 0 Å². The molecule has 2 heterocycles. The molecule has 0 amide bonds. The zero-order valence-corrected chi connectivity index (χ0v) is 9.23. The minimum absolute atomic E-state index is 0.389. The summed E-state index contributed by atoms with van der Waals surface area (Å²) in [5.74, 6) is 0.683. The van der Waals surface area contributed by atoms with Crippen LogP contribution in [-0.4, -0.2) is 43.7 Å². The Morgan fingerprint density at radius 2 is 2.47 bits per heavy atom. The van der Waals surface area contributed by atoms with E-state index in [-0.39, 0.29) is 0 Å². The average Bonchev–Trinajstić information content (AvgIpc) is 2.29. The summed E-state index contributed by atoms with van der Waals surface area (Å²) in [6.07, 6.45) is 1.80. The van der Waals surface area contributed by atoms with Gasteiger partial charge in [0.15, 0.2) is 0 Å². The molecule has 82 valence electrons. The topological polar surface area (TPSA) is 37.4 Å². The van der Waals surface area contributed by atoms with Crippen LogP contribution >= 0.6 is 0 Å². The van der Waals surface area contributed by atoms with E-state index in [0.29, 0.717) is 11.9 Å². The first-order valence-corrected chi connectivity index (χ1v) is 5.21. The highest BCUT2D eigenvalue weighted by molar-refractivity contribution is 5.24. The molecule has 0 aliphatic carbocycles. The van der Waals surface area contributed by atoms with Crippen LogP contribution in [0, 0.1) is 0 Å². The van der Waals surface area contributed by atoms with Gasteiger partial charge in [0, 0.05) is 37.9 Å². The van der Waals surface area contributed by atoms with E-state index < -0.39 is 0 Å². The third-order valence-corrected chi connectivity index (χ3v) is 2.75. The van der Waals surface area contributed by atoms with Crippen LogP contribution in [0.3, 0.4) is 0 Å². The highest BCUT2D eigenvalue weighted by Gasteiger charge is 2.18. The van der Waals surface area contributed by atoms with Crippen LogP contribution in [0.15, 0.2) is 18.3 Å². The van der Waals surface area contributed by atoms with Crippen LogP contribution in [0.2, 0.25) is 0 Å². The highest BCUT2D eigenvalue weighted by atomic mass is 16.5. The Balaban J connectivity index is 2.13. The van der Waals surface area contributed by atoms with Crippen molar-refractivity contribution in [2.75, 3.05) is 33.8 Å². The molecule has 1 aromatic rings. The molecule has 1 aromatic heterocycles. The molecule has 0 saturated carbocycles. The third-order valence-electron chi connectivity index (χ3n) is 2.75. The first-order valence-electron chi connectivity index (χ1n) is 5.21. The maximum atomic E-state index is 5.12. The van der Waals surface area contributed by atoms with Gasteiger partial charge in [-0.1, -0.05) is 0 Å². The Morgan fingerprint density at radius 1 is 1.60 bits per heavy atom. The van der Waals surface area contributed by atoms with Crippen LogP contribution in [0.4, 0.5) is 0 Å². The Labute approximate surface area is 90.3 Å². The van der Waals surface area contributed by atoms with Crippen LogP contribution < -0.4 is 10.1 Å². The molecule has 0 spiro atoms. The van der Waals surface area contributed by atoms with Gasteiger partial charge in [-0.3, -0.25) is 0 Å². The quantitative estimate of drug-likeness (QED) is 0.773.